The quantitative estimate of drug-likeness (QED) is 0.776. The number of carbonyl (C=O) groups excluding carboxylic acids is 2. The summed E-state index contributed by atoms with van der Waals surface area (Å²) in [5.41, 5.74) is 1.88. The highest BCUT2D eigenvalue weighted by Gasteiger charge is 2.24. The van der Waals surface area contributed by atoms with Crippen LogP contribution in [0.5, 0.6) is 0 Å². The van der Waals surface area contributed by atoms with Gasteiger partial charge in [-0.3, -0.25) is 14.4 Å². The molecule has 136 valence electrons. The van der Waals surface area contributed by atoms with E-state index >= 15 is 0 Å². The number of carbonyl (C=O) groups is 3. The Hall–Kier alpha value is -2.02. The molecule has 1 saturated heterocycles. The van der Waals surface area contributed by atoms with Crippen molar-refractivity contribution in [2.45, 2.75) is 26.2 Å². The molecule has 0 unspecified atom stereocenters. The zero-order valence-electron chi connectivity index (χ0n) is 14.4. The predicted octanol–water partition coefficient (Wildman–Crippen LogP) is 2.38. The predicted molar refractivity (Wildman–Crippen MR) is 98.7 cm³/mol. The minimum atomic E-state index is -0.778. The number of nitrogens with zero attached hydrogens (tertiary/aromatic N) is 1. The van der Waals surface area contributed by atoms with Crippen LogP contribution in [0.1, 0.15) is 24.8 Å². The second-order valence-corrected chi connectivity index (χ2v) is 7.31. The third-order valence-electron chi connectivity index (χ3n) is 4.22. The Morgan fingerprint density at radius 3 is 2.40 bits per heavy atom. The lowest BCUT2D eigenvalue weighted by Gasteiger charge is -2.31. The maximum atomic E-state index is 12.2. The van der Waals surface area contributed by atoms with Gasteiger partial charge in [0.05, 0.1) is 11.5 Å². The molecular weight excluding hydrogens is 340 g/mol. The van der Waals surface area contributed by atoms with E-state index in [1.165, 1.54) is 11.8 Å². The molecule has 2 N–H and O–H groups in total. The van der Waals surface area contributed by atoms with Gasteiger partial charge in [-0.05, 0) is 37.8 Å². The topological polar surface area (TPSA) is 86.7 Å². The second-order valence-electron chi connectivity index (χ2n) is 6.33. The Morgan fingerprint density at radius 2 is 1.80 bits per heavy atom. The van der Waals surface area contributed by atoms with Crippen molar-refractivity contribution in [2.75, 3.05) is 29.9 Å². The van der Waals surface area contributed by atoms with E-state index < -0.39 is 5.97 Å². The standard InChI is InChI=1S/C18H24N2O4S/c1-13-2-4-15(5-3-13)19-16(21)11-25-12-17(22)20-8-6-14(7-9-20)10-18(23)24/h2-5,14H,6-12H2,1H3,(H,19,21)(H,23,24). The van der Waals surface area contributed by atoms with Crippen LogP contribution in [0.15, 0.2) is 24.3 Å². The summed E-state index contributed by atoms with van der Waals surface area (Å²) in [4.78, 5) is 36.5. The summed E-state index contributed by atoms with van der Waals surface area (Å²) in [7, 11) is 0. The van der Waals surface area contributed by atoms with E-state index in [1.807, 2.05) is 31.2 Å². The van der Waals surface area contributed by atoms with E-state index in [9.17, 15) is 14.4 Å². The van der Waals surface area contributed by atoms with E-state index in [0.29, 0.717) is 13.1 Å². The van der Waals surface area contributed by atoms with Crippen molar-refractivity contribution in [3.8, 4) is 0 Å². The number of piperidine rings is 1. The largest absolute Gasteiger partial charge is 0.481 e. The molecule has 1 aliphatic heterocycles. The van der Waals surface area contributed by atoms with Crippen LogP contribution in [0.2, 0.25) is 0 Å². The maximum absolute atomic E-state index is 12.2. The fourth-order valence-corrected chi connectivity index (χ4v) is 3.51. The zero-order valence-corrected chi connectivity index (χ0v) is 15.2. The normalized spacial score (nSPS) is 15.0. The minimum absolute atomic E-state index is 0.0157. The lowest BCUT2D eigenvalue weighted by atomic mass is 9.94. The molecule has 1 aromatic carbocycles. The molecule has 6 nitrogen and oxygen atoms in total. The molecule has 0 atom stereocenters. The van der Waals surface area contributed by atoms with Crippen LogP contribution in [-0.2, 0) is 14.4 Å². The molecule has 25 heavy (non-hydrogen) atoms. The Kier molecular flexibility index (Phi) is 7.31. The molecule has 0 radical (unpaired) electrons. The van der Waals surface area contributed by atoms with Gasteiger partial charge in [0.2, 0.25) is 11.8 Å². The lowest BCUT2D eigenvalue weighted by Crippen LogP contribution is -2.40. The molecule has 1 aromatic rings. The third-order valence-corrected chi connectivity index (χ3v) is 5.14. The summed E-state index contributed by atoms with van der Waals surface area (Å²) >= 11 is 1.30. The average Bonchev–Trinajstić information content (AvgIpc) is 2.57. The van der Waals surface area contributed by atoms with Gasteiger partial charge in [-0.1, -0.05) is 17.7 Å². The first-order valence-electron chi connectivity index (χ1n) is 8.38. The van der Waals surface area contributed by atoms with Gasteiger partial charge in [-0.25, -0.2) is 0 Å². The summed E-state index contributed by atoms with van der Waals surface area (Å²) < 4.78 is 0. The summed E-state index contributed by atoms with van der Waals surface area (Å²) in [6, 6.07) is 7.56. The average molecular weight is 364 g/mol. The lowest BCUT2D eigenvalue weighted by molar-refractivity contribution is -0.138. The van der Waals surface area contributed by atoms with Crippen molar-refractivity contribution in [1.82, 2.24) is 4.90 Å². The molecule has 0 spiro atoms. The molecule has 0 aliphatic carbocycles. The van der Waals surface area contributed by atoms with Crippen LogP contribution in [0, 0.1) is 12.8 Å². The highest BCUT2D eigenvalue weighted by Crippen LogP contribution is 2.21. The number of nitrogens with one attached hydrogen (secondary N) is 1. The van der Waals surface area contributed by atoms with Crippen LogP contribution in [0.3, 0.4) is 0 Å². The molecule has 2 rings (SSSR count). The van der Waals surface area contributed by atoms with Crippen molar-refractivity contribution in [3.05, 3.63) is 29.8 Å². The van der Waals surface area contributed by atoms with E-state index in [0.717, 1.165) is 24.1 Å². The molecular formula is C18H24N2O4S. The van der Waals surface area contributed by atoms with Crippen LogP contribution in [0.25, 0.3) is 0 Å². The summed E-state index contributed by atoms with van der Waals surface area (Å²) in [6.07, 6.45) is 1.64. The van der Waals surface area contributed by atoms with Gasteiger partial charge in [0.1, 0.15) is 0 Å². The fourth-order valence-electron chi connectivity index (χ4n) is 2.79. The van der Waals surface area contributed by atoms with E-state index in [2.05, 4.69) is 5.32 Å². The Balaban J connectivity index is 1.64. The highest BCUT2D eigenvalue weighted by molar-refractivity contribution is 8.00. The summed E-state index contributed by atoms with van der Waals surface area (Å²) in [5, 5.41) is 11.6. The molecule has 1 heterocycles. The zero-order chi connectivity index (χ0) is 18.2. The maximum Gasteiger partial charge on any atom is 0.303 e. The Labute approximate surface area is 152 Å². The number of carboxylic acids is 1. The number of aliphatic carboxylic acids is 1. The molecule has 1 fully saturated rings. The Morgan fingerprint density at radius 1 is 1.16 bits per heavy atom. The van der Waals surface area contributed by atoms with Crippen LogP contribution < -0.4 is 5.32 Å². The number of hydrogen-bond donors (Lipinski definition) is 2. The fraction of sp³-hybridized carbons (Fsp3) is 0.500. The van der Waals surface area contributed by atoms with Crippen molar-refractivity contribution in [1.29, 1.82) is 0 Å². The number of aryl methyl sites for hydroxylation is 1. The second kappa shape index (κ2) is 9.46. The molecule has 0 aromatic heterocycles. The van der Waals surface area contributed by atoms with Crippen molar-refractivity contribution < 1.29 is 19.5 Å². The number of anilines is 1. The van der Waals surface area contributed by atoms with Gasteiger partial charge >= 0.3 is 5.97 Å². The van der Waals surface area contributed by atoms with Crippen LogP contribution in [-0.4, -0.2) is 52.4 Å². The van der Waals surface area contributed by atoms with E-state index in [4.69, 9.17) is 5.11 Å². The van der Waals surface area contributed by atoms with Gasteiger partial charge in [-0.2, -0.15) is 0 Å². The number of carboxylic acid groups (broad SMARTS) is 1. The van der Waals surface area contributed by atoms with Gasteiger partial charge in [0.25, 0.3) is 0 Å². The number of rotatable bonds is 7. The number of hydrogen-bond acceptors (Lipinski definition) is 4. The number of likely N-dealkylation sites (tertiary alicyclic amines) is 1. The molecule has 0 bridgehead atoms. The number of thioether (sulfide) groups is 1. The van der Waals surface area contributed by atoms with Crippen molar-refractivity contribution in [2.24, 2.45) is 5.92 Å². The van der Waals surface area contributed by atoms with Gasteiger partial charge in [0, 0.05) is 25.2 Å². The SMILES string of the molecule is Cc1ccc(NC(=O)CSCC(=O)N2CCC(CC(=O)O)CC2)cc1. The molecule has 7 heteroatoms. The van der Waals surface area contributed by atoms with Crippen molar-refractivity contribution in [3.63, 3.8) is 0 Å². The number of benzene rings is 1. The van der Waals surface area contributed by atoms with Gasteiger partial charge in [0.15, 0.2) is 0 Å². The smallest absolute Gasteiger partial charge is 0.303 e. The minimum Gasteiger partial charge on any atom is -0.481 e. The van der Waals surface area contributed by atoms with Gasteiger partial charge < -0.3 is 15.3 Å². The van der Waals surface area contributed by atoms with E-state index in [-0.39, 0.29) is 35.7 Å². The monoisotopic (exact) mass is 364 g/mol. The van der Waals surface area contributed by atoms with E-state index in [1.54, 1.807) is 4.90 Å². The van der Waals surface area contributed by atoms with Crippen molar-refractivity contribution >= 4 is 35.2 Å². The number of amides is 2. The highest BCUT2D eigenvalue weighted by atomic mass is 32.2. The molecule has 2 amide bonds. The Bertz CT molecular complexity index is 610. The molecule has 0 saturated carbocycles. The summed E-state index contributed by atoms with van der Waals surface area (Å²) in [5.74, 6) is -0.224. The molecule has 1 aliphatic rings. The first-order chi connectivity index (χ1) is 11.9. The van der Waals surface area contributed by atoms with Crippen LogP contribution in [0.4, 0.5) is 5.69 Å². The summed E-state index contributed by atoms with van der Waals surface area (Å²) in [6.45, 7) is 3.19. The third kappa shape index (κ3) is 6.78. The first kappa shape index (κ1) is 19.3. The van der Waals surface area contributed by atoms with Gasteiger partial charge in [-0.15, -0.1) is 11.8 Å². The van der Waals surface area contributed by atoms with Crippen LogP contribution >= 0.6 is 11.8 Å². The first-order valence-corrected chi connectivity index (χ1v) is 9.53.